The summed E-state index contributed by atoms with van der Waals surface area (Å²) in [5.74, 6) is 0. The molecular formula is C11H14N3+. The Morgan fingerprint density at radius 3 is 2.64 bits per heavy atom. The topological polar surface area (TPSA) is 45.5 Å². The summed E-state index contributed by atoms with van der Waals surface area (Å²) in [7, 11) is 0. The van der Waals surface area contributed by atoms with E-state index in [0.29, 0.717) is 0 Å². The zero-order valence-electron chi connectivity index (χ0n) is 8.00. The molecule has 0 aliphatic rings. The molecule has 0 fully saturated rings. The quantitative estimate of drug-likeness (QED) is 0.763. The predicted octanol–water partition coefficient (Wildman–Crippen LogP) is 0.866. The zero-order chi connectivity index (χ0) is 9.80. The van der Waals surface area contributed by atoms with Gasteiger partial charge in [0, 0.05) is 18.0 Å². The van der Waals surface area contributed by atoms with E-state index in [1.807, 2.05) is 35.1 Å². The first-order chi connectivity index (χ1) is 6.86. The van der Waals surface area contributed by atoms with Crippen molar-refractivity contribution >= 4 is 0 Å². The van der Waals surface area contributed by atoms with Crippen molar-refractivity contribution in [1.29, 1.82) is 0 Å². The maximum absolute atomic E-state index is 4.16. The van der Waals surface area contributed by atoms with Gasteiger partial charge >= 0.3 is 0 Å². The van der Waals surface area contributed by atoms with Crippen molar-refractivity contribution in [2.75, 3.05) is 0 Å². The molecule has 72 valence electrons. The van der Waals surface area contributed by atoms with Crippen LogP contribution in [0.15, 0.2) is 48.8 Å². The average Bonchev–Trinajstić information content (AvgIpc) is 2.72. The van der Waals surface area contributed by atoms with Gasteiger partial charge in [0.05, 0.1) is 6.54 Å². The minimum atomic E-state index is 0.260. The molecule has 0 spiro atoms. The largest absolute Gasteiger partial charge is 0.350 e. The summed E-state index contributed by atoms with van der Waals surface area (Å²) in [6.07, 6.45) is 3.75. The lowest BCUT2D eigenvalue weighted by Crippen LogP contribution is -2.55. The van der Waals surface area contributed by atoms with E-state index in [4.69, 9.17) is 0 Å². The molecule has 1 atom stereocenters. The number of quaternary nitrogens is 1. The van der Waals surface area contributed by atoms with Crippen LogP contribution >= 0.6 is 0 Å². The summed E-state index contributed by atoms with van der Waals surface area (Å²) in [5, 5.41) is 4.16. The molecule has 0 aliphatic heterocycles. The van der Waals surface area contributed by atoms with Gasteiger partial charge in [0.1, 0.15) is 6.04 Å². The Bertz CT molecular complexity index is 367. The second-order valence-electron chi connectivity index (χ2n) is 3.34. The van der Waals surface area contributed by atoms with Crippen LogP contribution in [-0.4, -0.2) is 9.78 Å². The Kier molecular flexibility index (Phi) is 2.60. The first-order valence-electron chi connectivity index (χ1n) is 4.72. The van der Waals surface area contributed by atoms with Crippen LogP contribution in [0.25, 0.3) is 0 Å². The highest BCUT2D eigenvalue weighted by molar-refractivity contribution is 5.16. The summed E-state index contributed by atoms with van der Waals surface area (Å²) in [6, 6.07) is 12.5. The monoisotopic (exact) mass is 188 g/mol. The van der Waals surface area contributed by atoms with Crippen molar-refractivity contribution in [3.63, 3.8) is 0 Å². The number of hydrogen-bond acceptors (Lipinski definition) is 1. The van der Waals surface area contributed by atoms with Gasteiger partial charge in [-0.25, -0.2) is 0 Å². The lowest BCUT2D eigenvalue weighted by atomic mass is 10.1. The van der Waals surface area contributed by atoms with E-state index in [-0.39, 0.29) is 6.04 Å². The standard InChI is InChI=1S/C11H13N3/c12-11(9-14-8-4-7-13-14)10-5-2-1-3-6-10/h1-8,11H,9,12H2/p+1/t11-/m1/s1. The van der Waals surface area contributed by atoms with Crippen molar-refractivity contribution in [2.24, 2.45) is 0 Å². The van der Waals surface area contributed by atoms with Gasteiger partial charge in [0.15, 0.2) is 0 Å². The zero-order valence-corrected chi connectivity index (χ0v) is 8.00. The number of benzene rings is 1. The van der Waals surface area contributed by atoms with E-state index < -0.39 is 0 Å². The minimum Gasteiger partial charge on any atom is -0.350 e. The highest BCUT2D eigenvalue weighted by Crippen LogP contribution is 2.08. The Balaban J connectivity index is 2.07. The molecule has 2 rings (SSSR count). The van der Waals surface area contributed by atoms with Gasteiger partial charge in [0.25, 0.3) is 0 Å². The number of hydrogen-bond donors (Lipinski definition) is 1. The molecule has 0 aliphatic carbocycles. The molecule has 2 aromatic rings. The highest BCUT2D eigenvalue weighted by atomic mass is 15.3. The molecule has 0 bridgehead atoms. The van der Waals surface area contributed by atoms with Crippen LogP contribution < -0.4 is 5.73 Å². The van der Waals surface area contributed by atoms with Crippen LogP contribution in [-0.2, 0) is 6.54 Å². The molecular weight excluding hydrogens is 174 g/mol. The minimum absolute atomic E-state index is 0.260. The third-order valence-electron chi connectivity index (χ3n) is 2.24. The molecule has 0 saturated heterocycles. The van der Waals surface area contributed by atoms with Gasteiger partial charge in [-0.2, -0.15) is 5.10 Å². The van der Waals surface area contributed by atoms with Crippen LogP contribution in [0.1, 0.15) is 11.6 Å². The summed E-state index contributed by atoms with van der Waals surface area (Å²) < 4.78 is 1.91. The first-order valence-corrected chi connectivity index (χ1v) is 4.72. The molecule has 0 radical (unpaired) electrons. The van der Waals surface area contributed by atoms with Gasteiger partial charge in [-0.05, 0) is 6.07 Å². The van der Waals surface area contributed by atoms with Crippen LogP contribution in [0.4, 0.5) is 0 Å². The van der Waals surface area contributed by atoms with Crippen molar-refractivity contribution in [3.8, 4) is 0 Å². The summed E-state index contributed by atoms with van der Waals surface area (Å²) in [5.41, 5.74) is 5.38. The Morgan fingerprint density at radius 1 is 1.21 bits per heavy atom. The molecule has 3 nitrogen and oxygen atoms in total. The van der Waals surface area contributed by atoms with Crippen LogP contribution in [0.3, 0.4) is 0 Å². The van der Waals surface area contributed by atoms with E-state index >= 15 is 0 Å². The summed E-state index contributed by atoms with van der Waals surface area (Å²) in [6.45, 7) is 0.830. The second kappa shape index (κ2) is 4.07. The molecule has 1 heterocycles. The predicted molar refractivity (Wildman–Crippen MR) is 54.3 cm³/mol. The van der Waals surface area contributed by atoms with E-state index in [2.05, 4.69) is 23.0 Å². The van der Waals surface area contributed by atoms with Gasteiger partial charge in [-0.3, -0.25) is 4.68 Å². The SMILES string of the molecule is [NH3+][C@H](Cn1cccn1)c1ccccc1. The van der Waals surface area contributed by atoms with Crippen molar-refractivity contribution in [2.45, 2.75) is 12.6 Å². The van der Waals surface area contributed by atoms with Gasteiger partial charge < -0.3 is 5.73 Å². The Hall–Kier alpha value is -1.61. The van der Waals surface area contributed by atoms with Gasteiger partial charge in [-0.1, -0.05) is 30.3 Å². The fourth-order valence-corrected chi connectivity index (χ4v) is 1.46. The highest BCUT2D eigenvalue weighted by Gasteiger charge is 2.09. The Morgan fingerprint density at radius 2 is 2.00 bits per heavy atom. The van der Waals surface area contributed by atoms with E-state index in [9.17, 15) is 0 Å². The average molecular weight is 188 g/mol. The summed E-state index contributed by atoms with van der Waals surface area (Å²) in [4.78, 5) is 0. The van der Waals surface area contributed by atoms with Crippen molar-refractivity contribution in [3.05, 3.63) is 54.4 Å². The van der Waals surface area contributed by atoms with E-state index in [1.165, 1.54) is 5.56 Å². The maximum Gasteiger partial charge on any atom is 0.130 e. The number of aromatic nitrogens is 2. The third kappa shape index (κ3) is 2.00. The molecule has 3 N–H and O–H groups in total. The second-order valence-corrected chi connectivity index (χ2v) is 3.34. The lowest BCUT2D eigenvalue weighted by molar-refractivity contribution is -0.430. The molecule has 1 aromatic carbocycles. The summed E-state index contributed by atoms with van der Waals surface area (Å²) >= 11 is 0. The molecule has 0 unspecified atom stereocenters. The third-order valence-corrected chi connectivity index (χ3v) is 2.24. The van der Waals surface area contributed by atoms with Gasteiger partial charge in [0.2, 0.25) is 0 Å². The Labute approximate surface area is 83.2 Å². The van der Waals surface area contributed by atoms with E-state index in [0.717, 1.165) is 6.54 Å². The molecule has 0 saturated carbocycles. The normalized spacial score (nSPS) is 12.6. The van der Waals surface area contributed by atoms with E-state index in [1.54, 1.807) is 6.20 Å². The van der Waals surface area contributed by atoms with Crippen LogP contribution in [0.2, 0.25) is 0 Å². The first kappa shape index (κ1) is 8.97. The number of nitrogens with zero attached hydrogens (tertiary/aromatic N) is 2. The fraction of sp³-hybridized carbons (Fsp3) is 0.182. The molecule has 0 amide bonds. The van der Waals surface area contributed by atoms with Crippen LogP contribution in [0, 0.1) is 0 Å². The van der Waals surface area contributed by atoms with Crippen LogP contribution in [0.5, 0.6) is 0 Å². The van der Waals surface area contributed by atoms with Gasteiger partial charge in [-0.15, -0.1) is 0 Å². The smallest absolute Gasteiger partial charge is 0.130 e. The molecule has 14 heavy (non-hydrogen) atoms. The fourth-order valence-electron chi connectivity index (χ4n) is 1.46. The molecule has 3 heteroatoms. The maximum atomic E-state index is 4.16. The lowest BCUT2D eigenvalue weighted by Gasteiger charge is -2.08. The molecule has 1 aromatic heterocycles. The number of rotatable bonds is 3. The van der Waals surface area contributed by atoms with Crippen molar-refractivity contribution in [1.82, 2.24) is 9.78 Å². The van der Waals surface area contributed by atoms with Crippen molar-refractivity contribution < 1.29 is 5.73 Å².